The van der Waals surface area contributed by atoms with E-state index in [1.54, 1.807) is 6.07 Å². The number of non-ortho nitro benzene ring substituents is 1. The van der Waals surface area contributed by atoms with Crippen LogP contribution < -0.4 is 15.6 Å². The third kappa shape index (κ3) is 4.69. The van der Waals surface area contributed by atoms with Crippen molar-refractivity contribution >= 4 is 17.3 Å². The molecule has 0 unspecified atom stereocenters. The maximum atomic E-state index is 12.5. The molecule has 2 aromatic carbocycles. The molecule has 1 aromatic heterocycles. The summed E-state index contributed by atoms with van der Waals surface area (Å²) in [4.78, 5) is 35.1. The lowest BCUT2D eigenvalue weighted by molar-refractivity contribution is -0.384. The van der Waals surface area contributed by atoms with E-state index in [4.69, 9.17) is 4.74 Å². The second-order valence-corrected chi connectivity index (χ2v) is 6.45. The summed E-state index contributed by atoms with van der Waals surface area (Å²) in [6.07, 6.45) is 0.911. The van der Waals surface area contributed by atoms with Gasteiger partial charge in [0, 0.05) is 23.8 Å². The number of aryl methyl sites for hydroxylation is 1. The summed E-state index contributed by atoms with van der Waals surface area (Å²) in [7, 11) is 1.39. The molecule has 0 bridgehead atoms. The van der Waals surface area contributed by atoms with Gasteiger partial charge in [0.25, 0.3) is 11.2 Å². The monoisotopic (exact) mass is 408 g/mol. The van der Waals surface area contributed by atoms with Crippen molar-refractivity contribution in [1.82, 2.24) is 9.78 Å². The highest BCUT2D eigenvalue weighted by Crippen LogP contribution is 2.28. The summed E-state index contributed by atoms with van der Waals surface area (Å²) in [6, 6.07) is 14.6. The molecule has 30 heavy (non-hydrogen) atoms. The van der Waals surface area contributed by atoms with Crippen LogP contribution in [-0.4, -0.2) is 27.7 Å². The van der Waals surface area contributed by atoms with Crippen LogP contribution in [-0.2, 0) is 17.8 Å². The van der Waals surface area contributed by atoms with E-state index in [-0.39, 0.29) is 23.7 Å². The topological polar surface area (TPSA) is 116 Å². The number of hydrogen-bond donors (Lipinski definition) is 1. The molecule has 0 aliphatic carbocycles. The normalized spacial score (nSPS) is 10.5. The standard InChI is InChI=1S/C21H20N4O5/c1-3-14-4-6-15(7-5-14)17-9-11-21(27)24(23-17)13-20(26)22-18-12-16(25(28)29)8-10-19(18)30-2/h4-12H,3,13H2,1-2H3,(H,22,26). The second kappa shape index (κ2) is 8.99. The third-order valence-corrected chi connectivity index (χ3v) is 4.49. The lowest BCUT2D eigenvalue weighted by atomic mass is 10.1. The van der Waals surface area contributed by atoms with Gasteiger partial charge in [0.1, 0.15) is 12.3 Å². The summed E-state index contributed by atoms with van der Waals surface area (Å²) in [6.45, 7) is 1.70. The van der Waals surface area contributed by atoms with Crippen LogP contribution in [0.4, 0.5) is 11.4 Å². The highest BCUT2D eigenvalue weighted by Gasteiger charge is 2.15. The lowest BCUT2D eigenvalue weighted by Gasteiger charge is -2.11. The molecule has 1 amide bonds. The number of carbonyl (C=O) groups excluding carboxylic acids is 1. The van der Waals surface area contributed by atoms with Gasteiger partial charge in [-0.1, -0.05) is 31.2 Å². The van der Waals surface area contributed by atoms with Crippen LogP contribution in [0.3, 0.4) is 0 Å². The Morgan fingerprint density at radius 2 is 1.90 bits per heavy atom. The van der Waals surface area contributed by atoms with Crippen LogP contribution in [0.5, 0.6) is 5.75 Å². The summed E-state index contributed by atoms with van der Waals surface area (Å²) in [5.74, 6) is -0.305. The minimum atomic E-state index is -0.575. The molecule has 0 aliphatic heterocycles. The van der Waals surface area contributed by atoms with E-state index >= 15 is 0 Å². The Hall–Kier alpha value is -4.01. The van der Waals surface area contributed by atoms with Crippen LogP contribution in [0, 0.1) is 10.1 Å². The number of nitrogens with one attached hydrogen (secondary N) is 1. The average molecular weight is 408 g/mol. The Balaban J connectivity index is 1.82. The molecule has 154 valence electrons. The average Bonchev–Trinajstić information content (AvgIpc) is 2.75. The van der Waals surface area contributed by atoms with E-state index < -0.39 is 16.4 Å². The molecule has 0 saturated heterocycles. The maximum Gasteiger partial charge on any atom is 0.271 e. The van der Waals surface area contributed by atoms with Gasteiger partial charge < -0.3 is 10.1 Å². The minimum Gasteiger partial charge on any atom is -0.495 e. The smallest absolute Gasteiger partial charge is 0.271 e. The number of nitro benzene ring substituents is 1. The quantitative estimate of drug-likeness (QED) is 0.474. The predicted octanol–water partition coefficient (Wildman–Crippen LogP) is 3.03. The molecular weight excluding hydrogens is 388 g/mol. The van der Waals surface area contributed by atoms with Crippen LogP contribution >= 0.6 is 0 Å². The molecule has 0 atom stereocenters. The SMILES string of the molecule is CCc1ccc(-c2ccc(=O)n(CC(=O)Nc3cc([N+](=O)[O-])ccc3OC)n2)cc1. The zero-order valence-electron chi connectivity index (χ0n) is 16.5. The van der Waals surface area contributed by atoms with E-state index in [0.717, 1.165) is 16.7 Å². The Bertz CT molecular complexity index is 1140. The first-order chi connectivity index (χ1) is 14.4. The van der Waals surface area contributed by atoms with Crippen molar-refractivity contribution in [3.05, 3.63) is 80.6 Å². The van der Waals surface area contributed by atoms with Crippen molar-refractivity contribution in [2.75, 3.05) is 12.4 Å². The van der Waals surface area contributed by atoms with Gasteiger partial charge in [-0.25, -0.2) is 4.68 Å². The van der Waals surface area contributed by atoms with E-state index in [9.17, 15) is 19.7 Å². The van der Waals surface area contributed by atoms with Gasteiger partial charge in [-0.15, -0.1) is 0 Å². The Labute approximate surface area is 172 Å². The third-order valence-electron chi connectivity index (χ3n) is 4.49. The fourth-order valence-electron chi connectivity index (χ4n) is 2.86. The number of hydrogen-bond acceptors (Lipinski definition) is 6. The number of anilines is 1. The molecule has 1 heterocycles. The van der Waals surface area contributed by atoms with Gasteiger partial charge in [-0.05, 0) is 24.1 Å². The van der Waals surface area contributed by atoms with Crippen molar-refractivity contribution < 1.29 is 14.5 Å². The predicted molar refractivity (Wildman–Crippen MR) is 112 cm³/mol. The number of aromatic nitrogens is 2. The first kappa shape index (κ1) is 20.7. The molecular formula is C21H20N4O5. The molecule has 1 N–H and O–H groups in total. The van der Waals surface area contributed by atoms with Gasteiger partial charge in [0.05, 0.1) is 23.4 Å². The largest absolute Gasteiger partial charge is 0.495 e. The highest BCUT2D eigenvalue weighted by atomic mass is 16.6. The van der Waals surface area contributed by atoms with Gasteiger partial charge in [0.2, 0.25) is 5.91 Å². The summed E-state index contributed by atoms with van der Waals surface area (Å²) < 4.78 is 6.17. The molecule has 9 nitrogen and oxygen atoms in total. The van der Waals surface area contributed by atoms with Crippen LogP contribution in [0.2, 0.25) is 0 Å². The van der Waals surface area contributed by atoms with E-state index in [1.807, 2.05) is 24.3 Å². The van der Waals surface area contributed by atoms with Crippen LogP contribution in [0.25, 0.3) is 11.3 Å². The summed E-state index contributed by atoms with van der Waals surface area (Å²) >= 11 is 0. The van der Waals surface area contributed by atoms with Gasteiger partial charge in [-0.2, -0.15) is 5.10 Å². The molecule has 0 fully saturated rings. The fraction of sp³-hybridized carbons (Fsp3) is 0.190. The van der Waals surface area contributed by atoms with Crippen molar-refractivity contribution in [3.63, 3.8) is 0 Å². The van der Waals surface area contributed by atoms with Crippen molar-refractivity contribution in [3.8, 4) is 17.0 Å². The zero-order chi connectivity index (χ0) is 21.7. The van der Waals surface area contributed by atoms with Crippen LogP contribution in [0.15, 0.2) is 59.4 Å². The number of rotatable bonds is 7. The molecule has 0 saturated carbocycles. The fourth-order valence-corrected chi connectivity index (χ4v) is 2.86. The molecule has 3 aromatic rings. The molecule has 9 heteroatoms. The zero-order valence-corrected chi connectivity index (χ0v) is 16.5. The van der Waals surface area contributed by atoms with Gasteiger partial charge >= 0.3 is 0 Å². The molecule has 3 rings (SSSR count). The number of carbonyl (C=O) groups is 1. The molecule has 0 spiro atoms. The Morgan fingerprint density at radius 3 is 2.53 bits per heavy atom. The molecule has 0 radical (unpaired) electrons. The first-order valence-electron chi connectivity index (χ1n) is 9.21. The summed E-state index contributed by atoms with van der Waals surface area (Å²) in [5, 5.41) is 17.8. The first-order valence-corrected chi connectivity index (χ1v) is 9.21. The number of nitrogens with zero attached hydrogens (tertiary/aromatic N) is 3. The number of methoxy groups -OCH3 is 1. The second-order valence-electron chi connectivity index (χ2n) is 6.45. The maximum absolute atomic E-state index is 12.5. The van der Waals surface area contributed by atoms with E-state index in [0.29, 0.717) is 5.69 Å². The van der Waals surface area contributed by atoms with E-state index in [2.05, 4.69) is 17.3 Å². The van der Waals surface area contributed by atoms with Crippen molar-refractivity contribution in [2.24, 2.45) is 0 Å². The van der Waals surface area contributed by atoms with E-state index in [1.165, 1.54) is 36.9 Å². The Morgan fingerprint density at radius 1 is 1.17 bits per heavy atom. The number of benzene rings is 2. The van der Waals surface area contributed by atoms with Crippen LogP contribution in [0.1, 0.15) is 12.5 Å². The number of nitro groups is 1. The van der Waals surface area contributed by atoms with Gasteiger partial charge in [0.15, 0.2) is 0 Å². The number of amides is 1. The summed E-state index contributed by atoms with van der Waals surface area (Å²) in [5.41, 5.74) is 2.05. The Kier molecular flexibility index (Phi) is 6.21. The minimum absolute atomic E-state index is 0.135. The van der Waals surface area contributed by atoms with Crippen molar-refractivity contribution in [2.45, 2.75) is 19.9 Å². The van der Waals surface area contributed by atoms with Crippen molar-refractivity contribution in [1.29, 1.82) is 0 Å². The highest BCUT2D eigenvalue weighted by molar-refractivity contribution is 5.92. The van der Waals surface area contributed by atoms with Gasteiger partial charge in [-0.3, -0.25) is 19.7 Å². The molecule has 0 aliphatic rings. The lowest BCUT2D eigenvalue weighted by Crippen LogP contribution is -2.29. The number of ether oxygens (including phenoxy) is 1.